The minimum absolute atomic E-state index is 0.0855. The molecule has 1 aliphatic rings. The first-order chi connectivity index (χ1) is 7.22. The maximum Gasteiger partial charge on any atom is 0.123 e. The van der Waals surface area contributed by atoms with Crippen LogP contribution in [0.1, 0.15) is 24.8 Å². The third-order valence-electron chi connectivity index (χ3n) is 3.21. The molecule has 2 N–H and O–H groups in total. The molecule has 1 aromatic rings. The average Bonchev–Trinajstić information content (AvgIpc) is 2.99. The van der Waals surface area contributed by atoms with Crippen LogP contribution in [0.15, 0.2) is 18.2 Å². The van der Waals surface area contributed by atoms with Crippen molar-refractivity contribution in [3.8, 4) is 5.75 Å². The zero-order valence-corrected chi connectivity index (χ0v) is 8.92. The highest BCUT2D eigenvalue weighted by Crippen LogP contribution is 2.53. The molecular formula is C12H16FNO. The highest BCUT2D eigenvalue weighted by atomic mass is 19.1. The Morgan fingerprint density at radius 1 is 1.47 bits per heavy atom. The topological polar surface area (TPSA) is 35.2 Å². The van der Waals surface area contributed by atoms with Crippen molar-refractivity contribution in [3.05, 3.63) is 29.6 Å². The van der Waals surface area contributed by atoms with Gasteiger partial charge in [-0.15, -0.1) is 0 Å². The van der Waals surface area contributed by atoms with Crippen molar-refractivity contribution in [1.29, 1.82) is 0 Å². The Balaban J connectivity index is 2.37. The van der Waals surface area contributed by atoms with Crippen LogP contribution < -0.4 is 10.5 Å². The van der Waals surface area contributed by atoms with Crippen LogP contribution in [0.25, 0.3) is 0 Å². The number of ether oxygens (including phenoxy) is 1. The lowest BCUT2D eigenvalue weighted by Crippen LogP contribution is -2.14. The summed E-state index contributed by atoms with van der Waals surface area (Å²) in [7, 11) is 1.62. The van der Waals surface area contributed by atoms with Gasteiger partial charge in [-0.05, 0) is 44.0 Å². The molecular weight excluding hydrogens is 193 g/mol. The molecule has 2 rings (SSSR count). The van der Waals surface area contributed by atoms with Crippen LogP contribution >= 0.6 is 0 Å². The second-order valence-electron chi connectivity index (χ2n) is 4.16. The van der Waals surface area contributed by atoms with Crippen LogP contribution in [0.3, 0.4) is 0 Å². The van der Waals surface area contributed by atoms with E-state index in [1.54, 1.807) is 19.2 Å². The van der Waals surface area contributed by atoms with Gasteiger partial charge in [-0.2, -0.15) is 0 Å². The molecule has 0 heterocycles. The van der Waals surface area contributed by atoms with Gasteiger partial charge in [0.05, 0.1) is 7.11 Å². The van der Waals surface area contributed by atoms with Crippen molar-refractivity contribution < 1.29 is 9.13 Å². The smallest absolute Gasteiger partial charge is 0.123 e. The fourth-order valence-corrected chi connectivity index (χ4v) is 2.18. The van der Waals surface area contributed by atoms with Crippen molar-refractivity contribution in [1.82, 2.24) is 0 Å². The van der Waals surface area contributed by atoms with Gasteiger partial charge >= 0.3 is 0 Å². The molecule has 0 bridgehead atoms. The van der Waals surface area contributed by atoms with Gasteiger partial charge in [0.25, 0.3) is 0 Å². The normalized spacial score (nSPS) is 17.5. The van der Waals surface area contributed by atoms with Crippen LogP contribution in [-0.4, -0.2) is 13.7 Å². The Hall–Kier alpha value is -1.09. The molecule has 2 nitrogen and oxygen atoms in total. The van der Waals surface area contributed by atoms with E-state index in [1.165, 1.54) is 6.07 Å². The summed E-state index contributed by atoms with van der Waals surface area (Å²) in [6.07, 6.45) is 3.08. The monoisotopic (exact) mass is 209 g/mol. The number of halogens is 1. The third kappa shape index (κ3) is 1.84. The SMILES string of the molecule is COc1ccc(F)cc1C1(CCN)CC1. The lowest BCUT2D eigenvalue weighted by Gasteiger charge is -2.17. The number of nitrogens with two attached hydrogens (primary N) is 1. The van der Waals surface area contributed by atoms with Crippen LogP contribution in [0.2, 0.25) is 0 Å². The molecule has 3 heteroatoms. The van der Waals surface area contributed by atoms with Crippen molar-refractivity contribution >= 4 is 0 Å². The number of hydrogen-bond acceptors (Lipinski definition) is 2. The van der Waals surface area contributed by atoms with Crippen molar-refractivity contribution in [2.45, 2.75) is 24.7 Å². The van der Waals surface area contributed by atoms with E-state index in [4.69, 9.17) is 10.5 Å². The summed E-state index contributed by atoms with van der Waals surface area (Å²) >= 11 is 0. The molecule has 0 unspecified atom stereocenters. The molecule has 15 heavy (non-hydrogen) atoms. The first-order valence-electron chi connectivity index (χ1n) is 5.26. The van der Waals surface area contributed by atoms with E-state index >= 15 is 0 Å². The molecule has 0 aromatic heterocycles. The van der Waals surface area contributed by atoms with E-state index in [0.717, 1.165) is 30.6 Å². The van der Waals surface area contributed by atoms with Gasteiger partial charge in [0.15, 0.2) is 0 Å². The molecule has 0 aliphatic heterocycles. The second-order valence-corrected chi connectivity index (χ2v) is 4.16. The van der Waals surface area contributed by atoms with Crippen LogP contribution in [0, 0.1) is 5.82 Å². The van der Waals surface area contributed by atoms with E-state index in [2.05, 4.69) is 0 Å². The third-order valence-corrected chi connectivity index (χ3v) is 3.21. The van der Waals surface area contributed by atoms with Crippen molar-refractivity contribution in [2.24, 2.45) is 5.73 Å². The summed E-state index contributed by atoms with van der Waals surface area (Å²) in [5.74, 6) is 0.580. The zero-order chi connectivity index (χ0) is 10.9. The largest absolute Gasteiger partial charge is 0.496 e. The minimum atomic E-state index is -0.200. The fraction of sp³-hybridized carbons (Fsp3) is 0.500. The van der Waals surface area contributed by atoms with Gasteiger partial charge in [-0.25, -0.2) is 4.39 Å². The summed E-state index contributed by atoms with van der Waals surface area (Å²) in [6.45, 7) is 0.639. The van der Waals surface area contributed by atoms with Gasteiger partial charge in [-0.1, -0.05) is 0 Å². The van der Waals surface area contributed by atoms with Gasteiger partial charge < -0.3 is 10.5 Å². The summed E-state index contributed by atoms with van der Waals surface area (Å²) in [5, 5.41) is 0. The van der Waals surface area contributed by atoms with Crippen LogP contribution in [0.4, 0.5) is 4.39 Å². The first kappa shape index (κ1) is 10.4. The highest BCUT2D eigenvalue weighted by Gasteiger charge is 2.45. The molecule has 1 fully saturated rings. The second kappa shape index (κ2) is 3.81. The predicted octanol–water partition coefficient (Wildman–Crippen LogP) is 2.21. The van der Waals surface area contributed by atoms with Crippen LogP contribution in [0.5, 0.6) is 5.75 Å². The fourth-order valence-electron chi connectivity index (χ4n) is 2.18. The lowest BCUT2D eigenvalue weighted by atomic mass is 9.91. The molecule has 1 aromatic carbocycles. The van der Waals surface area contributed by atoms with E-state index in [-0.39, 0.29) is 11.2 Å². The maximum absolute atomic E-state index is 13.2. The number of rotatable bonds is 4. The molecule has 1 aliphatic carbocycles. The van der Waals surface area contributed by atoms with Crippen molar-refractivity contribution in [2.75, 3.05) is 13.7 Å². The Bertz CT molecular complexity index is 361. The molecule has 0 amide bonds. The predicted molar refractivity (Wildman–Crippen MR) is 57.5 cm³/mol. The lowest BCUT2D eigenvalue weighted by molar-refractivity contribution is 0.400. The zero-order valence-electron chi connectivity index (χ0n) is 8.92. The maximum atomic E-state index is 13.2. The molecule has 0 saturated heterocycles. The Kier molecular flexibility index (Phi) is 2.65. The summed E-state index contributed by atoms with van der Waals surface area (Å²) in [4.78, 5) is 0. The van der Waals surface area contributed by atoms with Gasteiger partial charge in [-0.3, -0.25) is 0 Å². The minimum Gasteiger partial charge on any atom is -0.496 e. The Morgan fingerprint density at radius 3 is 2.73 bits per heavy atom. The molecule has 82 valence electrons. The average molecular weight is 209 g/mol. The molecule has 0 spiro atoms. The Morgan fingerprint density at radius 2 is 2.20 bits per heavy atom. The highest BCUT2D eigenvalue weighted by molar-refractivity contribution is 5.43. The summed E-state index contributed by atoms with van der Waals surface area (Å²) in [5.41, 5.74) is 6.65. The van der Waals surface area contributed by atoms with E-state index < -0.39 is 0 Å². The quantitative estimate of drug-likeness (QED) is 0.825. The van der Waals surface area contributed by atoms with E-state index in [0.29, 0.717) is 6.54 Å². The van der Waals surface area contributed by atoms with Gasteiger partial charge in [0, 0.05) is 11.0 Å². The number of benzene rings is 1. The molecule has 1 saturated carbocycles. The van der Waals surface area contributed by atoms with Crippen molar-refractivity contribution in [3.63, 3.8) is 0 Å². The van der Waals surface area contributed by atoms with E-state index in [1.807, 2.05) is 0 Å². The first-order valence-corrected chi connectivity index (χ1v) is 5.26. The number of methoxy groups -OCH3 is 1. The standard InChI is InChI=1S/C12H16FNO/c1-15-11-3-2-9(13)8-10(11)12(4-5-12)6-7-14/h2-3,8H,4-7,14H2,1H3. The van der Waals surface area contributed by atoms with Crippen LogP contribution in [-0.2, 0) is 5.41 Å². The van der Waals surface area contributed by atoms with E-state index in [9.17, 15) is 4.39 Å². The summed E-state index contributed by atoms with van der Waals surface area (Å²) < 4.78 is 18.5. The summed E-state index contributed by atoms with van der Waals surface area (Å²) in [6, 6.07) is 4.71. The number of hydrogen-bond donors (Lipinski definition) is 1. The van der Waals surface area contributed by atoms with Gasteiger partial charge in [0.1, 0.15) is 11.6 Å². The molecule has 0 radical (unpaired) electrons. The Labute approximate surface area is 89.2 Å². The molecule has 0 atom stereocenters. The van der Waals surface area contributed by atoms with Gasteiger partial charge in [0.2, 0.25) is 0 Å².